The van der Waals surface area contributed by atoms with Crippen LogP contribution in [0.15, 0.2) is 23.3 Å². The van der Waals surface area contributed by atoms with Gasteiger partial charge in [0.25, 0.3) is 0 Å². The van der Waals surface area contributed by atoms with Crippen LogP contribution in [0, 0.1) is 11.8 Å². The third kappa shape index (κ3) is 10.7. The number of aliphatic hydroxyl groups is 1. The monoisotopic (exact) mass is 356 g/mol. The zero-order chi connectivity index (χ0) is 19.4. The highest BCUT2D eigenvalue weighted by molar-refractivity contribution is 5.81. The number of ether oxygens (including phenoxy) is 1. The summed E-state index contributed by atoms with van der Waals surface area (Å²) in [7, 11) is 1.47. The van der Waals surface area contributed by atoms with Crippen molar-refractivity contribution in [1.82, 2.24) is 0 Å². The van der Waals surface area contributed by atoms with Crippen molar-refractivity contribution in [3.05, 3.63) is 23.3 Å². The van der Waals surface area contributed by atoms with E-state index in [4.69, 9.17) is 20.1 Å². The summed E-state index contributed by atoms with van der Waals surface area (Å²) in [5.74, 6) is -2.39. The molecule has 0 saturated carbocycles. The van der Waals surface area contributed by atoms with Gasteiger partial charge in [-0.1, -0.05) is 37.8 Å². The molecule has 0 aromatic heterocycles. The first-order valence-electron chi connectivity index (χ1n) is 8.66. The Hall–Kier alpha value is -1.66. The molecule has 0 saturated heterocycles. The predicted molar refractivity (Wildman–Crippen MR) is 96.4 cm³/mol. The number of hydrogen-bond donors (Lipinski definition) is 3. The van der Waals surface area contributed by atoms with E-state index in [1.165, 1.54) is 13.2 Å². The second kappa shape index (κ2) is 12.7. The van der Waals surface area contributed by atoms with Gasteiger partial charge in [-0.05, 0) is 38.2 Å². The van der Waals surface area contributed by atoms with E-state index in [1.54, 1.807) is 6.92 Å². The lowest BCUT2D eigenvalue weighted by Gasteiger charge is -2.21. The molecule has 0 spiro atoms. The number of carboxylic acids is 2. The summed E-state index contributed by atoms with van der Waals surface area (Å²) in [6, 6.07) is 0. The third-order valence-electron chi connectivity index (χ3n) is 4.20. The minimum absolute atomic E-state index is 0.419. The lowest BCUT2D eigenvalue weighted by molar-refractivity contribution is -0.149. The molecule has 0 aromatic carbocycles. The van der Waals surface area contributed by atoms with Crippen molar-refractivity contribution in [2.75, 3.05) is 13.7 Å². The van der Waals surface area contributed by atoms with Gasteiger partial charge in [0.05, 0.1) is 12.7 Å². The van der Waals surface area contributed by atoms with Gasteiger partial charge in [-0.2, -0.15) is 0 Å². The van der Waals surface area contributed by atoms with E-state index in [2.05, 4.69) is 6.92 Å². The van der Waals surface area contributed by atoms with E-state index >= 15 is 0 Å². The van der Waals surface area contributed by atoms with Crippen LogP contribution in [0.2, 0.25) is 0 Å². The van der Waals surface area contributed by atoms with Crippen molar-refractivity contribution in [3.63, 3.8) is 0 Å². The zero-order valence-corrected chi connectivity index (χ0v) is 15.7. The number of allylic oxidation sites excluding steroid dienone is 3. The van der Waals surface area contributed by atoms with E-state index in [1.807, 2.05) is 13.0 Å². The van der Waals surface area contributed by atoms with Gasteiger partial charge in [0.1, 0.15) is 5.92 Å². The van der Waals surface area contributed by atoms with Crippen molar-refractivity contribution in [3.8, 4) is 0 Å². The molecule has 6 heteroatoms. The number of methoxy groups -OCH3 is 1. The van der Waals surface area contributed by atoms with E-state index in [-0.39, 0.29) is 0 Å². The first kappa shape index (κ1) is 23.3. The zero-order valence-electron chi connectivity index (χ0n) is 15.7. The van der Waals surface area contributed by atoms with Crippen molar-refractivity contribution >= 4 is 11.9 Å². The molecule has 144 valence electrons. The van der Waals surface area contributed by atoms with Gasteiger partial charge in [-0.3, -0.25) is 4.79 Å². The molecule has 3 N–H and O–H groups in total. The Balaban J connectivity index is 4.26. The van der Waals surface area contributed by atoms with Crippen molar-refractivity contribution in [2.45, 2.75) is 59.0 Å². The maximum absolute atomic E-state index is 11.1. The second-order valence-corrected chi connectivity index (χ2v) is 6.71. The van der Waals surface area contributed by atoms with Gasteiger partial charge in [0, 0.05) is 13.2 Å². The number of aliphatic carboxylic acids is 2. The molecule has 0 aliphatic heterocycles. The third-order valence-corrected chi connectivity index (χ3v) is 4.20. The molecule has 0 rings (SSSR count). The Bertz CT molecular complexity index is 480. The molecule has 0 fully saturated rings. The minimum Gasteiger partial charge on any atom is -0.481 e. The second-order valence-electron chi connectivity index (χ2n) is 6.71. The van der Waals surface area contributed by atoms with Crippen LogP contribution in [0.5, 0.6) is 0 Å². The SMILES string of the molecule is COC(CCCCC(C)CC(C)=CC(C)=CC(=O)O)C(CO)C(=O)O. The van der Waals surface area contributed by atoms with Gasteiger partial charge in [-0.15, -0.1) is 0 Å². The first-order valence-corrected chi connectivity index (χ1v) is 8.66. The standard InChI is InChI=1S/C19H32O6/c1-13(9-14(2)10-15(3)11-18(21)22)7-5-6-8-17(25-4)16(12-20)19(23)24/h10-11,13,16-17,20H,5-9,12H2,1-4H3,(H,21,22)(H,23,24). The Morgan fingerprint density at radius 1 is 1.08 bits per heavy atom. The van der Waals surface area contributed by atoms with Gasteiger partial charge in [0.15, 0.2) is 0 Å². The highest BCUT2D eigenvalue weighted by Crippen LogP contribution is 2.21. The molecular formula is C19H32O6. The molecule has 25 heavy (non-hydrogen) atoms. The fourth-order valence-corrected chi connectivity index (χ4v) is 3.01. The highest BCUT2D eigenvalue weighted by atomic mass is 16.5. The molecule has 3 atom stereocenters. The number of aliphatic hydroxyl groups excluding tert-OH is 1. The lowest BCUT2D eigenvalue weighted by atomic mass is 9.93. The maximum Gasteiger partial charge on any atom is 0.328 e. The van der Waals surface area contributed by atoms with Crippen LogP contribution in [-0.2, 0) is 14.3 Å². The fourth-order valence-electron chi connectivity index (χ4n) is 3.01. The summed E-state index contributed by atoms with van der Waals surface area (Å²) in [5.41, 5.74) is 1.87. The summed E-state index contributed by atoms with van der Waals surface area (Å²) < 4.78 is 5.21. The summed E-state index contributed by atoms with van der Waals surface area (Å²) in [6.07, 6.45) is 6.92. The smallest absolute Gasteiger partial charge is 0.328 e. The Kier molecular flexibility index (Phi) is 11.8. The van der Waals surface area contributed by atoms with Gasteiger partial charge in [0.2, 0.25) is 0 Å². The van der Waals surface area contributed by atoms with Crippen molar-refractivity contribution in [2.24, 2.45) is 11.8 Å². The van der Waals surface area contributed by atoms with E-state index in [0.29, 0.717) is 12.3 Å². The Morgan fingerprint density at radius 3 is 2.16 bits per heavy atom. The highest BCUT2D eigenvalue weighted by Gasteiger charge is 2.26. The van der Waals surface area contributed by atoms with Gasteiger partial charge >= 0.3 is 11.9 Å². The van der Waals surface area contributed by atoms with Crippen LogP contribution >= 0.6 is 0 Å². The number of hydrogen-bond acceptors (Lipinski definition) is 4. The van der Waals surface area contributed by atoms with Crippen LogP contribution in [0.1, 0.15) is 52.9 Å². The number of unbranched alkanes of at least 4 members (excludes halogenated alkanes) is 1. The average molecular weight is 356 g/mol. The molecule has 0 aromatic rings. The van der Waals surface area contributed by atoms with Crippen LogP contribution in [-0.4, -0.2) is 47.1 Å². The maximum atomic E-state index is 11.1. The van der Waals surface area contributed by atoms with E-state index in [0.717, 1.165) is 36.8 Å². The molecule has 0 heterocycles. The van der Waals surface area contributed by atoms with E-state index < -0.39 is 30.6 Å². The topological polar surface area (TPSA) is 104 Å². The predicted octanol–water partition coefficient (Wildman–Crippen LogP) is 3.26. The normalized spacial score (nSPS) is 16.4. The summed E-state index contributed by atoms with van der Waals surface area (Å²) >= 11 is 0. The molecule has 3 unspecified atom stereocenters. The van der Waals surface area contributed by atoms with Crippen LogP contribution in [0.25, 0.3) is 0 Å². The fraction of sp³-hybridized carbons (Fsp3) is 0.684. The van der Waals surface area contributed by atoms with Gasteiger partial charge < -0.3 is 20.1 Å². The van der Waals surface area contributed by atoms with Crippen LogP contribution in [0.3, 0.4) is 0 Å². The molecule has 0 amide bonds. The summed E-state index contributed by atoms with van der Waals surface area (Å²) in [6.45, 7) is 5.50. The first-order chi connectivity index (χ1) is 11.7. The average Bonchev–Trinajstić information content (AvgIpc) is 2.48. The molecule has 0 radical (unpaired) electrons. The summed E-state index contributed by atoms with van der Waals surface area (Å²) in [4.78, 5) is 21.7. The summed E-state index contributed by atoms with van der Waals surface area (Å²) in [5, 5.41) is 26.9. The lowest BCUT2D eigenvalue weighted by Crippen LogP contribution is -2.32. The van der Waals surface area contributed by atoms with Crippen molar-refractivity contribution < 1.29 is 29.6 Å². The molecule has 0 aliphatic carbocycles. The minimum atomic E-state index is -1.03. The Morgan fingerprint density at radius 2 is 1.68 bits per heavy atom. The number of carbonyl (C=O) groups is 2. The molecule has 0 aliphatic rings. The Labute approximate surface area is 150 Å². The van der Waals surface area contributed by atoms with Crippen LogP contribution in [0.4, 0.5) is 0 Å². The number of rotatable bonds is 13. The van der Waals surface area contributed by atoms with Gasteiger partial charge in [-0.25, -0.2) is 4.79 Å². The van der Waals surface area contributed by atoms with Crippen LogP contribution < -0.4 is 0 Å². The largest absolute Gasteiger partial charge is 0.481 e. The quantitative estimate of drug-likeness (QED) is 0.266. The molecule has 0 bridgehead atoms. The molecule has 6 nitrogen and oxygen atoms in total. The molecular weight excluding hydrogens is 324 g/mol. The van der Waals surface area contributed by atoms with E-state index in [9.17, 15) is 9.59 Å². The van der Waals surface area contributed by atoms with Crippen molar-refractivity contribution in [1.29, 1.82) is 0 Å². The number of carboxylic acid groups (broad SMARTS) is 2.